The molecule has 0 aromatic heterocycles. The van der Waals surface area contributed by atoms with E-state index in [1.807, 2.05) is 68.4 Å². The number of carbonyl (C=O) groups is 1. The van der Waals surface area contributed by atoms with Crippen molar-refractivity contribution in [3.05, 3.63) is 91.0 Å². The lowest BCUT2D eigenvalue weighted by atomic mass is 10.3. The van der Waals surface area contributed by atoms with Gasteiger partial charge in [0.2, 0.25) is 4.07 Å². The average Bonchev–Trinajstić information content (AvgIpc) is 2.71. The van der Waals surface area contributed by atoms with Crippen molar-refractivity contribution in [2.45, 2.75) is 17.9 Å². The third-order valence-electron chi connectivity index (χ3n) is 4.71. The fourth-order valence-corrected chi connectivity index (χ4v) is 10.0. The molecule has 0 heterocycles. The molecular formula is C23H23BrO2P+. The Morgan fingerprint density at radius 3 is 1.44 bits per heavy atom. The van der Waals surface area contributed by atoms with Gasteiger partial charge in [-0.25, -0.2) is 4.79 Å². The van der Waals surface area contributed by atoms with Crippen LogP contribution in [-0.4, -0.2) is 16.6 Å². The first kappa shape index (κ1) is 19.8. The maximum Gasteiger partial charge on any atom is 0.362 e. The van der Waals surface area contributed by atoms with E-state index in [9.17, 15) is 4.79 Å². The zero-order chi connectivity index (χ0) is 19.3. The molecule has 4 heteroatoms. The summed E-state index contributed by atoms with van der Waals surface area (Å²) in [4.78, 5) is 13.2. The second-order valence-corrected chi connectivity index (χ2v) is 12.3. The number of benzene rings is 3. The lowest BCUT2D eigenvalue weighted by Crippen LogP contribution is -2.47. The quantitative estimate of drug-likeness (QED) is 0.316. The Bertz CT molecular complexity index is 783. The van der Waals surface area contributed by atoms with Crippen LogP contribution in [0.1, 0.15) is 13.8 Å². The van der Waals surface area contributed by atoms with E-state index in [4.69, 9.17) is 4.74 Å². The predicted octanol–water partition coefficient (Wildman–Crippen LogP) is 4.65. The molecule has 3 rings (SSSR count). The molecule has 27 heavy (non-hydrogen) atoms. The van der Waals surface area contributed by atoms with Crippen LogP contribution < -0.4 is 15.9 Å². The van der Waals surface area contributed by atoms with Gasteiger partial charge in [-0.3, -0.25) is 0 Å². The molecule has 0 radical (unpaired) electrons. The third kappa shape index (κ3) is 3.47. The highest BCUT2D eigenvalue weighted by molar-refractivity contribution is 9.11. The Balaban J connectivity index is 2.42. The molecule has 0 N–H and O–H groups in total. The van der Waals surface area contributed by atoms with Crippen molar-refractivity contribution in [2.75, 3.05) is 6.61 Å². The molecule has 0 bridgehead atoms. The van der Waals surface area contributed by atoms with Crippen molar-refractivity contribution in [1.82, 2.24) is 0 Å². The van der Waals surface area contributed by atoms with Gasteiger partial charge in [0, 0.05) is 0 Å². The van der Waals surface area contributed by atoms with Crippen molar-refractivity contribution in [1.29, 1.82) is 0 Å². The monoisotopic (exact) mass is 441 g/mol. The van der Waals surface area contributed by atoms with Gasteiger partial charge in [0.15, 0.2) is 0 Å². The van der Waals surface area contributed by atoms with Crippen LogP contribution in [0.5, 0.6) is 0 Å². The number of carbonyl (C=O) groups excluding carboxylic acids is 1. The highest BCUT2D eigenvalue weighted by Gasteiger charge is 2.64. The standard InChI is InChI=1S/C23H23BrO2P/c1-3-26-22(25)23(2,24)27(19-13-7-4-8-14-19,20-15-9-5-10-16-20)21-17-11-6-12-18-21/h4-18H,3H2,1-2H3/q+1/t23-/m1/s1. The molecule has 0 saturated heterocycles. The van der Waals surface area contributed by atoms with Crippen LogP contribution in [0.25, 0.3) is 0 Å². The topological polar surface area (TPSA) is 26.3 Å². The van der Waals surface area contributed by atoms with E-state index < -0.39 is 11.3 Å². The van der Waals surface area contributed by atoms with Gasteiger partial charge in [-0.15, -0.1) is 0 Å². The van der Waals surface area contributed by atoms with Gasteiger partial charge in [-0.1, -0.05) is 54.6 Å². The molecule has 1 atom stereocenters. The highest BCUT2D eigenvalue weighted by Crippen LogP contribution is 2.68. The second-order valence-electron chi connectivity index (χ2n) is 6.35. The lowest BCUT2D eigenvalue weighted by molar-refractivity contribution is -0.143. The Hall–Kier alpha value is -1.96. The van der Waals surface area contributed by atoms with Crippen LogP contribution in [0.2, 0.25) is 0 Å². The minimum atomic E-state index is -2.40. The van der Waals surface area contributed by atoms with Gasteiger partial charge >= 0.3 is 5.97 Å². The van der Waals surface area contributed by atoms with Crippen LogP contribution in [-0.2, 0) is 9.53 Å². The summed E-state index contributed by atoms with van der Waals surface area (Å²) in [6.07, 6.45) is 0. The molecule has 0 saturated carbocycles. The first-order chi connectivity index (χ1) is 13.0. The van der Waals surface area contributed by atoms with Gasteiger partial charge in [0.25, 0.3) is 0 Å². The fourth-order valence-electron chi connectivity index (χ4n) is 3.53. The van der Waals surface area contributed by atoms with Crippen LogP contribution in [0, 0.1) is 0 Å². The van der Waals surface area contributed by atoms with Crippen LogP contribution in [0.15, 0.2) is 91.0 Å². The van der Waals surface area contributed by atoms with Gasteiger partial charge < -0.3 is 4.74 Å². The highest BCUT2D eigenvalue weighted by atomic mass is 79.9. The van der Waals surface area contributed by atoms with Crippen molar-refractivity contribution in [2.24, 2.45) is 0 Å². The van der Waals surface area contributed by atoms with Crippen molar-refractivity contribution >= 4 is 45.1 Å². The van der Waals surface area contributed by atoms with E-state index in [0.29, 0.717) is 6.61 Å². The molecule has 0 spiro atoms. The summed E-state index contributed by atoms with van der Waals surface area (Å²) in [6, 6.07) is 30.9. The first-order valence-corrected chi connectivity index (χ1v) is 11.6. The second kappa shape index (κ2) is 8.37. The van der Waals surface area contributed by atoms with Crippen molar-refractivity contribution < 1.29 is 9.53 Å². The lowest BCUT2D eigenvalue weighted by Gasteiger charge is -2.37. The molecule has 0 aliphatic rings. The smallest absolute Gasteiger partial charge is 0.362 e. The SMILES string of the molecule is CCOC(=O)[C@](C)(Br)[P+](c1ccccc1)(c1ccccc1)c1ccccc1. The van der Waals surface area contributed by atoms with Crippen molar-refractivity contribution in [3.63, 3.8) is 0 Å². The summed E-state index contributed by atoms with van der Waals surface area (Å²) in [6.45, 7) is 4.14. The molecule has 0 amide bonds. The Morgan fingerprint density at radius 2 is 1.15 bits per heavy atom. The molecule has 3 aromatic carbocycles. The average molecular weight is 442 g/mol. The largest absolute Gasteiger partial charge is 0.462 e. The van der Waals surface area contributed by atoms with E-state index in [0.717, 1.165) is 15.9 Å². The fraction of sp³-hybridized carbons (Fsp3) is 0.174. The van der Waals surface area contributed by atoms with E-state index in [1.54, 1.807) is 0 Å². The molecular weight excluding hydrogens is 419 g/mol. The van der Waals surface area contributed by atoms with E-state index >= 15 is 0 Å². The summed E-state index contributed by atoms with van der Waals surface area (Å²) >= 11 is 3.86. The maximum absolute atomic E-state index is 13.2. The predicted molar refractivity (Wildman–Crippen MR) is 119 cm³/mol. The number of alkyl halides is 1. The zero-order valence-corrected chi connectivity index (χ0v) is 18.0. The minimum absolute atomic E-state index is 0.241. The zero-order valence-electron chi connectivity index (χ0n) is 15.5. The number of ether oxygens (including phenoxy) is 1. The van der Waals surface area contributed by atoms with Crippen LogP contribution in [0.4, 0.5) is 0 Å². The Labute approximate surface area is 170 Å². The maximum atomic E-state index is 13.2. The summed E-state index contributed by atoms with van der Waals surface area (Å²) in [5.74, 6) is -0.241. The van der Waals surface area contributed by atoms with Gasteiger partial charge in [-0.05, 0) is 66.2 Å². The summed E-state index contributed by atoms with van der Waals surface area (Å²) in [7, 11) is -2.40. The van der Waals surface area contributed by atoms with Gasteiger partial charge in [0.1, 0.15) is 23.2 Å². The molecule has 0 aliphatic carbocycles. The molecule has 2 nitrogen and oxygen atoms in total. The van der Waals surface area contributed by atoms with Crippen molar-refractivity contribution in [3.8, 4) is 0 Å². The molecule has 138 valence electrons. The van der Waals surface area contributed by atoms with Crippen LogP contribution in [0.3, 0.4) is 0 Å². The number of hydrogen-bond acceptors (Lipinski definition) is 2. The first-order valence-electron chi connectivity index (χ1n) is 8.97. The molecule has 3 aromatic rings. The normalized spacial score (nSPS) is 13.6. The van der Waals surface area contributed by atoms with E-state index in [2.05, 4.69) is 52.3 Å². The third-order valence-corrected chi connectivity index (χ3v) is 11.3. The van der Waals surface area contributed by atoms with E-state index in [1.165, 1.54) is 0 Å². The molecule has 0 unspecified atom stereocenters. The Kier molecular flexibility index (Phi) is 6.14. The van der Waals surface area contributed by atoms with Gasteiger partial charge in [-0.2, -0.15) is 0 Å². The summed E-state index contributed by atoms with van der Waals surface area (Å²) in [5.41, 5.74) is 0. The summed E-state index contributed by atoms with van der Waals surface area (Å²) in [5, 5.41) is 3.40. The number of rotatable bonds is 6. The van der Waals surface area contributed by atoms with E-state index in [-0.39, 0.29) is 5.97 Å². The molecule has 0 fully saturated rings. The van der Waals surface area contributed by atoms with Gasteiger partial charge in [0.05, 0.1) is 6.61 Å². The molecule has 0 aliphatic heterocycles. The number of hydrogen-bond donors (Lipinski definition) is 0. The Morgan fingerprint density at radius 1 is 0.815 bits per heavy atom. The minimum Gasteiger partial charge on any atom is -0.462 e. The van der Waals surface area contributed by atoms with Crippen LogP contribution >= 0.6 is 23.2 Å². The number of esters is 1. The number of halogens is 1. The summed E-state index contributed by atoms with van der Waals surface area (Å²) < 4.78 is 4.62.